The number of hydrogen-bond acceptors (Lipinski definition) is 3. The Kier molecular flexibility index (Phi) is 5.13. The Morgan fingerprint density at radius 3 is 2.75 bits per heavy atom. The largest absolute Gasteiger partial charge is 0.370 e. The van der Waals surface area contributed by atoms with Gasteiger partial charge in [0.25, 0.3) is 0 Å². The van der Waals surface area contributed by atoms with Crippen LogP contribution in [0.5, 0.6) is 0 Å². The number of aromatic nitrogens is 1. The molecule has 0 aliphatic carbocycles. The molecule has 20 heavy (non-hydrogen) atoms. The molecule has 2 aromatic rings. The zero-order valence-corrected chi connectivity index (χ0v) is 12.6. The summed E-state index contributed by atoms with van der Waals surface area (Å²) in [4.78, 5) is 6.72. The summed E-state index contributed by atoms with van der Waals surface area (Å²) in [5.74, 6) is 0.992. The topological polar surface area (TPSA) is 28.2 Å². The van der Waals surface area contributed by atoms with Gasteiger partial charge in [-0.25, -0.2) is 4.98 Å². The van der Waals surface area contributed by atoms with Gasteiger partial charge in [-0.05, 0) is 32.5 Å². The number of rotatable bonds is 6. The molecule has 0 aliphatic heterocycles. The van der Waals surface area contributed by atoms with Crippen molar-refractivity contribution in [3.05, 3.63) is 59.3 Å². The van der Waals surface area contributed by atoms with E-state index in [4.69, 9.17) is 0 Å². The van der Waals surface area contributed by atoms with Crippen LogP contribution >= 0.6 is 0 Å². The molecule has 0 bridgehead atoms. The van der Waals surface area contributed by atoms with Gasteiger partial charge in [-0.15, -0.1) is 0 Å². The number of benzene rings is 1. The molecule has 0 saturated carbocycles. The van der Waals surface area contributed by atoms with Crippen molar-refractivity contribution in [2.75, 3.05) is 18.9 Å². The fraction of sp³-hybridized carbons (Fsp3) is 0.353. The SMILES string of the molecule is CCNc1ncccc1CN(C)Cc1cccc(C)c1. The Labute approximate surface area is 121 Å². The predicted molar refractivity (Wildman–Crippen MR) is 84.8 cm³/mol. The number of aryl methyl sites for hydroxylation is 1. The highest BCUT2D eigenvalue weighted by Crippen LogP contribution is 2.15. The van der Waals surface area contributed by atoms with E-state index in [9.17, 15) is 0 Å². The van der Waals surface area contributed by atoms with Crippen LogP contribution < -0.4 is 5.32 Å². The molecule has 2 rings (SSSR count). The van der Waals surface area contributed by atoms with Crippen LogP contribution in [0.3, 0.4) is 0 Å². The lowest BCUT2D eigenvalue weighted by Gasteiger charge is -2.19. The monoisotopic (exact) mass is 269 g/mol. The summed E-state index contributed by atoms with van der Waals surface area (Å²) in [5, 5.41) is 3.32. The van der Waals surface area contributed by atoms with E-state index >= 15 is 0 Å². The highest BCUT2D eigenvalue weighted by molar-refractivity contribution is 5.43. The molecule has 0 radical (unpaired) electrons. The van der Waals surface area contributed by atoms with E-state index in [0.29, 0.717) is 0 Å². The Balaban J connectivity index is 2.02. The van der Waals surface area contributed by atoms with Crippen molar-refractivity contribution in [3.63, 3.8) is 0 Å². The first-order chi connectivity index (χ1) is 9.69. The van der Waals surface area contributed by atoms with Crippen LogP contribution in [-0.4, -0.2) is 23.5 Å². The number of hydrogen-bond donors (Lipinski definition) is 1. The molecule has 0 aliphatic rings. The first-order valence-corrected chi connectivity index (χ1v) is 7.11. The van der Waals surface area contributed by atoms with E-state index < -0.39 is 0 Å². The second-order valence-corrected chi connectivity index (χ2v) is 5.20. The third-order valence-corrected chi connectivity index (χ3v) is 3.21. The van der Waals surface area contributed by atoms with Gasteiger partial charge in [0.1, 0.15) is 5.82 Å². The molecular weight excluding hydrogens is 246 g/mol. The molecule has 0 unspecified atom stereocenters. The summed E-state index contributed by atoms with van der Waals surface area (Å²) in [5.41, 5.74) is 3.90. The van der Waals surface area contributed by atoms with Crippen molar-refractivity contribution in [1.29, 1.82) is 0 Å². The molecule has 1 heterocycles. The molecule has 1 N–H and O–H groups in total. The van der Waals surface area contributed by atoms with Gasteiger partial charge in [-0.3, -0.25) is 4.90 Å². The van der Waals surface area contributed by atoms with Crippen LogP contribution in [0.15, 0.2) is 42.6 Å². The van der Waals surface area contributed by atoms with Crippen molar-refractivity contribution in [3.8, 4) is 0 Å². The molecule has 0 atom stereocenters. The van der Waals surface area contributed by atoms with Crippen molar-refractivity contribution in [2.45, 2.75) is 26.9 Å². The standard InChI is InChI=1S/C17H23N3/c1-4-18-17-16(9-6-10-19-17)13-20(3)12-15-8-5-7-14(2)11-15/h5-11H,4,12-13H2,1-3H3,(H,18,19). The number of pyridine rings is 1. The fourth-order valence-corrected chi connectivity index (χ4v) is 2.36. The van der Waals surface area contributed by atoms with Crippen molar-refractivity contribution < 1.29 is 0 Å². The van der Waals surface area contributed by atoms with Gasteiger partial charge in [0.2, 0.25) is 0 Å². The van der Waals surface area contributed by atoms with Crippen LogP contribution in [0.25, 0.3) is 0 Å². The van der Waals surface area contributed by atoms with Crippen molar-refractivity contribution in [2.24, 2.45) is 0 Å². The lowest BCUT2D eigenvalue weighted by Crippen LogP contribution is -2.18. The van der Waals surface area contributed by atoms with Crippen LogP contribution in [0.1, 0.15) is 23.6 Å². The van der Waals surface area contributed by atoms with Gasteiger partial charge in [-0.2, -0.15) is 0 Å². The smallest absolute Gasteiger partial charge is 0.130 e. The summed E-state index contributed by atoms with van der Waals surface area (Å²) in [6, 6.07) is 12.8. The molecule has 1 aromatic carbocycles. The second-order valence-electron chi connectivity index (χ2n) is 5.20. The summed E-state index contributed by atoms with van der Waals surface area (Å²) in [6.45, 7) is 6.96. The molecule has 3 nitrogen and oxygen atoms in total. The van der Waals surface area contributed by atoms with E-state index in [1.165, 1.54) is 16.7 Å². The number of anilines is 1. The second kappa shape index (κ2) is 7.06. The van der Waals surface area contributed by atoms with Gasteiger partial charge in [-0.1, -0.05) is 35.9 Å². The lowest BCUT2D eigenvalue weighted by molar-refractivity contribution is 0.319. The summed E-state index contributed by atoms with van der Waals surface area (Å²) < 4.78 is 0. The van der Waals surface area contributed by atoms with Crippen LogP contribution in [0, 0.1) is 6.92 Å². The summed E-state index contributed by atoms with van der Waals surface area (Å²) >= 11 is 0. The molecule has 0 fully saturated rings. The van der Waals surface area contributed by atoms with Crippen molar-refractivity contribution >= 4 is 5.82 Å². The summed E-state index contributed by atoms with van der Waals surface area (Å²) in [6.07, 6.45) is 1.84. The van der Waals surface area contributed by atoms with Gasteiger partial charge in [0.15, 0.2) is 0 Å². The summed E-state index contributed by atoms with van der Waals surface area (Å²) in [7, 11) is 2.14. The maximum Gasteiger partial charge on any atom is 0.130 e. The normalized spacial score (nSPS) is 10.8. The third kappa shape index (κ3) is 4.07. The zero-order chi connectivity index (χ0) is 14.4. The van der Waals surface area contributed by atoms with Crippen LogP contribution in [0.2, 0.25) is 0 Å². The van der Waals surface area contributed by atoms with E-state index in [2.05, 4.69) is 66.4 Å². The predicted octanol–water partition coefficient (Wildman–Crippen LogP) is 3.45. The number of nitrogens with zero attached hydrogens (tertiary/aromatic N) is 2. The van der Waals surface area contributed by atoms with E-state index in [1.807, 2.05) is 12.3 Å². The molecule has 3 heteroatoms. The maximum absolute atomic E-state index is 4.40. The minimum Gasteiger partial charge on any atom is -0.370 e. The van der Waals surface area contributed by atoms with E-state index in [-0.39, 0.29) is 0 Å². The first-order valence-electron chi connectivity index (χ1n) is 7.11. The highest BCUT2D eigenvalue weighted by atomic mass is 15.1. The lowest BCUT2D eigenvalue weighted by atomic mass is 10.1. The van der Waals surface area contributed by atoms with E-state index in [0.717, 1.165) is 25.5 Å². The molecule has 0 saturated heterocycles. The minimum atomic E-state index is 0.893. The van der Waals surface area contributed by atoms with Gasteiger partial charge < -0.3 is 5.32 Å². The number of nitrogens with one attached hydrogen (secondary N) is 1. The Morgan fingerprint density at radius 1 is 1.15 bits per heavy atom. The van der Waals surface area contributed by atoms with Crippen molar-refractivity contribution in [1.82, 2.24) is 9.88 Å². The van der Waals surface area contributed by atoms with Crippen LogP contribution in [0.4, 0.5) is 5.82 Å². The molecular formula is C17H23N3. The van der Waals surface area contributed by atoms with Gasteiger partial charge in [0, 0.05) is 31.4 Å². The Morgan fingerprint density at radius 2 is 2.00 bits per heavy atom. The average Bonchev–Trinajstić information content (AvgIpc) is 2.41. The molecule has 106 valence electrons. The minimum absolute atomic E-state index is 0.893. The quantitative estimate of drug-likeness (QED) is 0.870. The van der Waals surface area contributed by atoms with Gasteiger partial charge >= 0.3 is 0 Å². The average molecular weight is 269 g/mol. The fourth-order valence-electron chi connectivity index (χ4n) is 2.36. The molecule has 0 spiro atoms. The molecule has 0 amide bonds. The van der Waals surface area contributed by atoms with E-state index in [1.54, 1.807) is 0 Å². The van der Waals surface area contributed by atoms with Crippen LogP contribution in [-0.2, 0) is 13.1 Å². The zero-order valence-electron chi connectivity index (χ0n) is 12.6. The molecule has 1 aromatic heterocycles. The highest BCUT2D eigenvalue weighted by Gasteiger charge is 2.06. The maximum atomic E-state index is 4.40. The third-order valence-electron chi connectivity index (χ3n) is 3.21. The van der Waals surface area contributed by atoms with Gasteiger partial charge in [0.05, 0.1) is 0 Å². The Bertz CT molecular complexity index is 551. The Hall–Kier alpha value is -1.87. The first kappa shape index (κ1) is 14.5.